The maximum atomic E-state index is 11.2. The van der Waals surface area contributed by atoms with Gasteiger partial charge in [-0.15, -0.1) is 10.2 Å². The Kier molecular flexibility index (Phi) is 2.85. The van der Waals surface area contributed by atoms with Crippen LogP contribution in [-0.4, -0.2) is 22.8 Å². The van der Waals surface area contributed by atoms with Gasteiger partial charge in [0.1, 0.15) is 0 Å². The van der Waals surface area contributed by atoms with Crippen molar-refractivity contribution in [3.8, 4) is 0 Å². The van der Waals surface area contributed by atoms with Gasteiger partial charge in [0.05, 0.1) is 6.67 Å². The number of amides is 1. The maximum absolute atomic E-state index is 11.2. The van der Waals surface area contributed by atoms with Crippen molar-refractivity contribution in [2.75, 3.05) is 6.67 Å². The summed E-state index contributed by atoms with van der Waals surface area (Å²) in [4.78, 5) is 11.2. The van der Waals surface area contributed by atoms with Crippen molar-refractivity contribution < 1.29 is 9.21 Å². The molecule has 0 saturated heterocycles. The van der Waals surface area contributed by atoms with E-state index in [1.54, 1.807) is 0 Å². The monoisotopic (exact) mass is 198 g/mol. The third kappa shape index (κ3) is 2.29. The van der Waals surface area contributed by atoms with Gasteiger partial charge in [0.2, 0.25) is 5.89 Å². The van der Waals surface area contributed by atoms with Crippen LogP contribution < -0.4 is 11.1 Å². The standard InChI is InChI=1S/C8H14N4O2/c1-8(2,3)7-12-11-6(14-7)5(13)10-4-9/h4,9H2,1-3H3,(H,10,13). The lowest BCUT2D eigenvalue weighted by Crippen LogP contribution is -2.29. The van der Waals surface area contributed by atoms with Crippen LogP contribution in [0.1, 0.15) is 37.3 Å². The van der Waals surface area contributed by atoms with E-state index in [0.29, 0.717) is 5.89 Å². The normalized spacial score (nSPS) is 11.4. The molecule has 0 bridgehead atoms. The number of hydrogen-bond acceptors (Lipinski definition) is 5. The molecule has 0 saturated carbocycles. The Morgan fingerprint density at radius 2 is 2.14 bits per heavy atom. The van der Waals surface area contributed by atoms with Gasteiger partial charge in [-0.25, -0.2) is 0 Å². The van der Waals surface area contributed by atoms with Crippen molar-refractivity contribution in [2.45, 2.75) is 26.2 Å². The minimum atomic E-state index is -0.449. The largest absolute Gasteiger partial charge is 0.416 e. The summed E-state index contributed by atoms with van der Waals surface area (Å²) < 4.78 is 5.17. The molecule has 0 radical (unpaired) electrons. The molecule has 0 aliphatic carbocycles. The molecule has 0 aromatic carbocycles. The number of nitrogens with two attached hydrogens (primary N) is 1. The van der Waals surface area contributed by atoms with E-state index in [0.717, 1.165) is 0 Å². The van der Waals surface area contributed by atoms with Crippen LogP contribution in [0.25, 0.3) is 0 Å². The highest BCUT2D eigenvalue weighted by Crippen LogP contribution is 2.19. The van der Waals surface area contributed by atoms with Crippen LogP contribution in [0.5, 0.6) is 0 Å². The van der Waals surface area contributed by atoms with Gasteiger partial charge in [-0.05, 0) is 0 Å². The second-order valence-electron chi connectivity index (χ2n) is 3.87. The van der Waals surface area contributed by atoms with E-state index in [9.17, 15) is 4.79 Å². The summed E-state index contributed by atoms with van der Waals surface area (Å²) in [5.41, 5.74) is 4.88. The molecule has 0 spiro atoms. The quantitative estimate of drug-likeness (QED) is 0.653. The van der Waals surface area contributed by atoms with Crippen LogP contribution in [0.4, 0.5) is 0 Å². The molecule has 0 atom stereocenters. The first-order chi connectivity index (χ1) is 6.45. The summed E-state index contributed by atoms with van der Waals surface area (Å²) in [6.07, 6.45) is 0. The number of rotatable bonds is 2. The molecule has 14 heavy (non-hydrogen) atoms. The topological polar surface area (TPSA) is 94.0 Å². The molecule has 1 amide bonds. The first-order valence-electron chi connectivity index (χ1n) is 4.27. The summed E-state index contributed by atoms with van der Waals surface area (Å²) in [6.45, 7) is 5.81. The molecule has 6 heteroatoms. The average Bonchev–Trinajstić information content (AvgIpc) is 2.51. The third-order valence-electron chi connectivity index (χ3n) is 1.52. The van der Waals surface area contributed by atoms with Crippen LogP contribution in [0.15, 0.2) is 4.42 Å². The van der Waals surface area contributed by atoms with E-state index in [-0.39, 0.29) is 18.0 Å². The van der Waals surface area contributed by atoms with E-state index in [2.05, 4.69) is 15.5 Å². The smallest absolute Gasteiger partial charge is 0.309 e. The van der Waals surface area contributed by atoms with Crippen molar-refractivity contribution in [1.82, 2.24) is 15.5 Å². The van der Waals surface area contributed by atoms with Gasteiger partial charge >= 0.3 is 11.8 Å². The summed E-state index contributed by atoms with van der Waals surface area (Å²) in [7, 11) is 0. The average molecular weight is 198 g/mol. The summed E-state index contributed by atoms with van der Waals surface area (Å²) in [5.74, 6) is -0.0736. The minimum Gasteiger partial charge on any atom is -0.416 e. The maximum Gasteiger partial charge on any atom is 0.309 e. The number of hydrogen-bond donors (Lipinski definition) is 2. The van der Waals surface area contributed by atoms with Gasteiger partial charge < -0.3 is 15.5 Å². The van der Waals surface area contributed by atoms with Crippen LogP contribution in [0.3, 0.4) is 0 Å². The molecule has 0 unspecified atom stereocenters. The van der Waals surface area contributed by atoms with Crippen molar-refractivity contribution in [2.24, 2.45) is 5.73 Å². The number of aromatic nitrogens is 2. The van der Waals surface area contributed by atoms with Gasteiger partial charge in [0.15, 0.2) is 0 Å². The van der Waals surface area contributed by atoms with Gasteiger partial charge in [0, 0.05) is 5.41 Å². The zero-order valence-corrected chi connectivity index (χ0v) is 8.50. The van der Waals surface area contributed by atoms with E-state index >= 15 is 0 Å². The molecular formula is C8H14N4O2. The lowest BCUT2D eigenvalue weighted by atomic mass is 9.97. The Morgan fingerprint density at radius 3 is 2.57 bits per heavy atom. The van der Waals surface area contributed by atoms with Gasteiger partial charge in [-0.2, -0.15) is 0 Å². The molecule has 1 heterocycles. The summed E-state index contributed by atoms with van der Waals surface area (Å²) in [6, 6.07) is 0. The van der Waals surface area contributed by atoms with Crippen LogP contribution in [0.2, 0.25) is 0 Å². The SMILES string of the molecule is CC(C)(C)c1nnc(C(=O)NCN)o1. The zero-order chi connectivity index (χ0) is 10.8. The second kappa shape index (κ2) is 3.75. The number of carbonyl (C=O) groups is 1. The first kappa shape index (κ1) is 10.6. The van der Waals surface area contributed by atoms with Gasteiger partial charge in [0.25, 0.3) is 0 Å². The fraction of sp³-hybridized carbons (Fsp3) is 0.625. The lowest BCUT2D eigenvalue weighted by Gasteiger charge is -2.10. The first-order valence-corrected chi connectivity index (χ1v) is 4.27. The van der Waals surface area contributed by atoms with Crippen molar-refractivity contribution in [3.05, 3.63) is 11.8 Å². The summed E-state index contributed by atoms with van der Waals surface area (Å²) >= 11 is 0. The molecule has 6 nitrogen and oxygen atoms in total. The second-order valence-corrected chi connectivity index (χ2v) is 3.87. The lowest BCUT2D eigenvalue weighted by molar-refractivity contribution is 0.0917. The molecule has 1 aromatic rings. The Hall–Kier alpha value is -1.43. The molecule has 0 fully saturated rings. The molecule has 0 aliphatic rings. The Morgan fingerprint density at radius 1 is 1.50 bits per heavy atom. The molecular weight excluding hydrogens is 184 g/mol. The summed E-state index contributed by atoms with van der Waals surface area (Å²) in [5, 5.41) is 9.76. The van der Waals surface area contributed by atoms with E-state index in [1.807, 2.05) is 20.8 Å². The molecule has 3 N–H and O–H groups in total. The number of nitrogens with zero attached hydrogens (tertiary/aromatic N) is 2. The Labute approximate surface area is 81.9 Å². The zero-order valence-electron chi connectivity index (χ0n) is 8.50. The van der Waals surface area contributed by atoms with Crippen molar-refractivity contribution in [1.29, 1.82) is 0 Å². The molecule has 1 aromatic heterocycles. The molecule has 0 aliphatic heterocycles. The predicted octanol–water partition coefficient (Wildman–Crippen LogP) is 0.0131. The van der Waals surface area contributed by atoms with Crippen molar-refractivity contribution in [3.63, 3.8) is 0 Å². The highest BCUT2D eigenvalue weighted by molar-refractivity contribution is 5.89. The highest BCUT2D eigenvalue weighted by atomic mass is 16.4. The predicted molar refractivity (Wildman–Crippen MR) is 49.5 cm³/mol. The Balaban J connectivity index is 2.83. The van der Waals surface area contributed by atoms with Gasteiger partial charge in [-0.1, -0.05) is 20.8 Å². The number of nitrogens with one attached hydrogen (secondary N) is 1. The minimum absolute atomic E-state index is 0.0477. The van der Waals surface area contributed by atoms with Crippen molar-refractivity contribution >= 4 is 5.91 Å². The van der Waals surface area contributed by atoms with Crippen LogP contribution in [-0.2, 0) is 5.41 Å². The fourth-order valence-electron chi connectivity index (χ4n) is 0.786. The van der Waals surface area contributed by atoms with Gasteiger partial charge in [-0.3, -0.25) is 4.79 Å². The van der Waals surface area contributed by atoms with Crippen LogP contribution in [0, 0.1) is 0 Å². The Bertz CT molecular complexity index is 326. The third-order valence-corrected chi connectivity index (χ3v) is 1.52. The van der Waals surface area contributed by atoms with E-state index in [1.165, 1.54) is 0 Å². The highest BCUT2D eigenvalue weighted by Gasteiger charge is 2.23. The fourth-order valence-corrected chi connectivity index (χ4v) is 0.786. The van der Waals surface area contributed by atoms with Crippen LogP contribution >= 0.6 is 0 Å². The number of carbonyl (C=O) groups excluding carboxylic acids is 1. The van der Waals surface area contributed by atoms with E-state index < -0.39 is 5.91 Å². The molecule has 1 rings (SSSR count). The van der Waals surface area contributed by atoms with E-state index in [4.69, 9.17) is 10.2 Å². The molecule has 78 valence electrons.